The molecule has 0 saturated heterocycles. The number of anilines is 1. The first-order valence-corrected chi connectivity index (χ1v) is 10.3. The minimum atomic E-state index is -0.378. The second-order valence-electron chi connectivity index (χ2n) is 8.45. The molecule has 1 unspecified atom stereocenters. The number of hydroxylamine groups is 1. The molecule has 3 nitrogen and oxygen atoms in total. The molecule has 0 aliphatic carbocycles. The van der Waals surface area contributed by atoms with E-state index in [0.717, 1.165) is 53.3 Å². The van der Waals surface area contributed by atoms with Gasteiger partial charge < -0.3 is 15.0 Å². The van der Waals surface area contributed by atoms with Gasteiger partial charge in [-0.3, -0.25) is 0 Å². The molecule has 0 radical (unpaired) electrons. The summed E-state index contributed by atoms with van der Waals surface area (Å²) in [5, 5.41) is 13.8. The highest BCUT2D eigenvalue weighted by Gasteiger charge is 2.34. The molecule has 2 aliphatic heterocycles. The highest BCUT2D eigenvalue weighted by atomic mass is 16.5. The molecule has 3 rings (SSSR count). The van der Waals surface area contributed by atoms with Crippen LogP contribution in [-0.2, 0) is 4.74 Å². The third-order valence-corrected chi connectivity index (χ3v) is 5.60. The molecule has 2 aliphatic rings. The topological polar surface area (TPSA) is 35.5 Å². The molecule has 0 spiro atoms. The number of nitrogens with zero attached hydrogens (tertiary/aromatic N) is 1. The van der Waals surface area contributed by atoms with Crippen LogP contribution in [0, 0.1) is 5.21 Å². The first kappa shape index (κ1) is 20.5. The quantitative estimate of drug-likeness (QED) is 0.504. The average Bonchev–Trinajstić information content (AvgIpc) is 2.65. The van der Waals surface area contributed by atoms with E-state index >= 15 is 0 Å². The first-order chi connectivity index (χ1) is 13.3. The van der Waals surface area contributed by atoms with Crippen LogP contribution in [0.1, 0.15) is 65.9 Å². The van der Waals surface area contributed by atoms with Crippen molar-refractivity contribution < 1.29 is 4.74 Å². The zero-order valence-electron chi connectivity index (χ0n) is 17.8. The Morgan fingerprint density at radius 1 is 1.18 bits per heavy atom. The van der Waals surface area contributed by atoms with Crippen molar-refractivity contribution in [1.29, 1.82) is 0 Å². The van der Waals surface area contributed by atoms with Gasteiger partial charge in [0, 0.05) is 16.8 Å². The molecule has 0 aromatic heterocycles. The van der Waals surface area contributed by atoms with Gasteiger partial charge in [-0.05, 0) is 72.4 Å². The van der Waals surface area contributed by atoms with Gasteiger partial charge in [-0.15, -0.1) is 0 Å². The molecule has 0 saturated carbocycles. The summed E-state index contributed by atoms with van der Waals surface area (Å²) < 4.78 is 6.42. The summed E-state index contributed by atoms with van der Waals surface area (Å²) in [5.74, 6) is 0.794. The Morgan fingerprint density at radius 3 is 2.68 bits per heavy atom. The predicted molar refractivity (Wildman–Crippen MR) is 119 cm³/mol. The SMILES string of the molecule is CC(C)=CCC/C(C)=C/CC[C@]1(C)C=CC2=C(O1)C(C)N([O-])c1ccccc12. The minimum absolute atomic E-state index is 0.310. The summed E-state index contributed by atoms with van der Waals surface area (Å²) >= 11 is 0. The Labute approximate surface area is 169 Å². The highest BCUT2D eigenvalue weighted by molar-refractivity contribution is 5.88. The van der Waals surface area contributed by atoms with Gasteiger partial charge in [0.25, 0.3) is 0 Å². The molecule has 1 aromatic rings. The maximum Gasteiger partial charge on any atom is 0.126 e. The molecule has 0 amide bonds. The number of ether oxygens (including phenoxy) is 1. The number of allylic oxidation sites excluding steroid dienone is 6. The molecule has 2 heterocycles. The third-order valence-electron chi connectivity index (χ3n) is 5.60. The predicted octanol–water partition coefficient (Wildman–Crippen LogP) is 6.92. The Morgan fingerprint density at radius 2 is 1.93 bits per heavy atom. The van der Waals surface area contributed by atoms with Gasteiger partial charge in [0.05, 0.1) is 6.04 Å². The van der Waals surface area contributed by atoms with Gasteiger partial charge in [0.15, 0.2) is 0 Å². The minimum Gasteiger partial charge on any atom is -0.758 e. The Hall–Kier alpha value is -2.26. The lowest BCUT2D eigenvalue weighted by atomic mass is 9.88. The van der Waals surface area contributed by atoms with E-state index in [1.54, 1.807) is 0 Å². The Kier molecular flexibility index (Phi) is 6.14. The monoisotopic (exact) mass is 378 g/mol. The normalized spacial score (nSPS) is 23.9. The number of para-hydroxylation sites is 1. The van der Waals surface area contributed by atoms with E-state index in [1.165, 1.54) is 11.1 Å². The van der Waals surface area contributed by atoms with Crippen LogP contribution >= 0.6 is 0 Å². The van der Waals surface area contributed by atoms with Crippen molar-refractivity contribution in [1.82, 2.24) is 0 Å². The lowest BCUT2D eigenvalue weighted by Gasteiger charge is -2.47. The van der Waals surface area contributed by atoms with Crippen molar-refractivity contribution in [2.75, 3.05) is 5.06 Å². The molecule has 3 heteroatoms. The lowest BCUT2D eigenvalue weighted by molar-refractivity contribution is 0.0441. The van der Waals surface area contributed by atoms with Gasteiger partial charge in [-0.25, -0.2) is 0 Å². The fourth-order valence-corrected chi connectivity index (χ4v) is 3.85. The summed E-state index contributed by atoms with van der Waals surface area (Å²) in [4.78, 5) is 0. The van der Waals surface area contributed by atoms with Crippen LogP contribution < -0.4 is 5.06 Å². The number of hydrogen-bond donors (Lipinski definition) is 0. The number of hydrogen-bond acceptors (Lipinski definition) is 3. The second kappa shape index (κ2) is 8.40. The molecule has 1 aromatic carbocycles. The summed E-state index contributed by atoms with van der Waals surface area (Å²) in [7, 11) is 0. The summed E-state index contributed by atoms with van der Waals surface area (Å²) in [6.45, 7) is 10.5. The van der Waals surface area contributed by atoms with Crippen molar-refractivity contribution in [2.45, 2.75) is 71.9 Å². The van der Waals surface area contributed by atoms with E-state index < -0.39 is 0 Å². The van der Waals surface area contributed by atoms with Crippen LogP contribution in [-0.4, -0.2) is 11.6 Å². The van der Waals surface area contributed by atoms with E-state index in [2.05, 4.69) is 52.0 Å². The molecular weight excluding hydrogens is 346 g/mol. The van der Waals surface area contributed by atoms with E-state index in [9.17, 15) is 5.21 Å². The van der Waals surface area contributed by atoms with Gasteiger partial charge >= 0.3 is 0 Å². The van der Waals surface area contributed by atoms with E-state index in [-0.39, 0.29) is 11.6 Å². The number of fused-ring (bicyclic) bond motifs is 2. The van der Waals surface area contributed by atoms with Gasteiger partial charge in [0.1, 0.15) is 11.4 Å². The molecule has 2 atom stereocenters. The fourth-order valence-electron chi connectivity index (χ4n) is 3.85. The maximum absolute atomic E-state index is 12.7. The molecule has 150 valence electrons. The molecule has 28 heavy (non-hydrogen) atoms. The number of rotatable bonds is 6. The van der Waals surface area contributed by atoms with Crippen molar-refractivity contribution in [3.8, 4) is 0 Å². The van der Waals surface area contributed by atoms with Crippen molar-refractivity contribution in [3.05, 3.63) is 76.2 Å². The van der Waals surface area contributed by atoms with E-state index in [0.29, 0.717) is 0 Å². The van der Waals surface area contributed by atoms with Crippen molar-refractivity contribution in [2.24, 2.45) is 0 Å². The molecule has 0 fully saturated rings. The lowest BCUT2D eigenvalue weighted by Crippen LogP contribution is -2.39. The Bertz CT molecular complexity index is 842. The van der Waals surface area contributed by atoms with Crippen LogP contribution in [0.5, 0.6) is 0 Å². The van der Waals surface area contributed by atoms with Crippen LogP contribution in [0.2, 0.25) is 0 Å². The largest absolute Gasteiger partial charge is 0.758 e. The van der Waals surface area contributed by atoms with Gasteiger partial charge in [-0.2, -0.15) is 0 Å². The summed E-state index contributed by atoms with van der Waals surface area (Å²) in [6, 6.07) is 7.45. The Balaban J connectivity index is 1.68. The van der Waals surface area contributed by atoms with Crippen molar-refractivity contribution in [3.63, 3.8) is 0 Å². The molecule has 0 bridgehead atoms. The standard InChI is InChI=1S/C25H32NO2/c1-18(2)10-8-11-19(3)12-9-16-25(5)17-15-22-21-13-6-7-14-23(21)26(27)20(4)24(22)28-25/h6-7,10,12-15,17,20H,8-9,11,16H2,1-5H3/q-1/b19-12+/t20?,25-/m1/s1. The average molecular weight is 379 g/mol. The zero-order chi connectivity index (χ0) is 20.3. The van der Waals surface area contributed by atoms with Crippen LogP contribution in [0.4, 0.5) is 5.69 Å². The zero-order valence-corrected chi connectivity index (χ0v) is 17.8. The fraction of sp³-hybridized carbons (Fsp3) is 0.440. The van der Waals surface area contributed by atoms with Crippen LogP contribution in [0.15, 0.2) is 65.5 Å². The second-order valence-corrected chi connectivity index (χ2v) is 8.45. The smallest absolute Gasteiger partial charge is 0.126 e. The maximum atomic E-state index is 12.7. The summed E-state index contributed by atoms with van der Waals surface area (Å²) in [5.41, 5.74) is 5.14. The molecule has 0 N–H and O–H groups in total. The van der Waals surface area contributed by atoms with Crippen LogP contribution in [0.3, 0.4) is 0 Å². The van der Waals surface area contributed by atoms with Gasteiger partial charge in [0.2, 0.25) is 0 Å². The van der Waals surface area contributed by atoms with Crippen molar-refractivity contribution >= 4 is 11.3 Å². The van der Waals surface area contributed by atoms with E-state index in [1.807, 2.05) is 31.2 Å². The third kappa shape index (κ3) is 4.41. The van der Waals surface area contributed by atoms with Crippen LogP contribution in [0.25, 0.3) is 5.57 Å². The van der Waals surface area contributed by atoms with E-state index in [4.69, 9.17) is 4.74 Å². The molecular formula is C25H32NO2-. The first-order valence-electron chi connectivity index (χ1n) is 10.3. The summed E-state index contributed by atoms with van der Waals surface area (Å²) in [6.07, 6.45) is 13.0. The van der Waals surface area contributed by atoms with Gasteiger partial charge in [-0.1, -0.05) is 47.6 Å². The number of benzene rings is 1. The highest BCUT2D eigenvalue weighted by Crippen LogP contribution is 2.43.